The maximum Gasteiger partial charge on any atom is 0.254 e. The van der Waals surface area contributed by atoms with Gasteiger partial charge >= 0.3 is 0 Å². The summed E-state index contributed by atoms with van der Waals surface area (Å²) in [5.41, 5.74) is 2.71. The van der Waals surface area contributed by atoms with Gasteiger partial charge in [0.05, 0.1) is 6.10 Å². The topological polar surface area (TPSA) is 65.1 Å². The molecule has 3 fully saturated rings. The lowest BCUT2D eigenvalue weighted by atomic mass is 10.1. The third kappa shape index (κ3) is 6.42. The maximum atomic E-state index is 13.9. The van der Waals surface area contributed by atoms with Gasteiger partial charge < -0.3 is 19.9 Å². The molecule has 0 saturated carbocycles. The van der Waals surface area contributed by atoms with Crippen LogP contribution in [0.5, 0.6) is 0 Å². The average molecular weight is 523 g/mol. The molecule has 7 nitrogen and oxygen atoms in total. The zero-order valence-corrected chi connectivity index (χ0v) is 22.3. The number of rotatable bonds is 7. The molecule has 5 rings (SSSR count). The predicted molar refractivity (Wildman–Crippen MR) is 144 cm³/mol. The average Bonchev–Trinajstić information content (AvgIpc) is 3.52. The summed E-state index contributed by atoms with van der Waals surface area (Å²) >= 11 is 0. The van der Waals surface area contributed by atoms with Crippen molar-refractivity contribution in [1.29, 1.82) is 0 Å². The van der Waals surface area contributed by atoms with Gasteiger partial charge in [-0.3, -0.25) is 14.5 Å². The molecule has 1 N–H and O–H groups in total. The minimum absolute atomic E-state index is 0.00213. The first kappa shape index (κ1) is 26.8. The molecule has 2 aromatic rings. The van der Waals surface area contributed by atoms with Gasteiger partial charge in [-0.15, -0.1) is 0 Å². The first-order chi connectivity index (χ1) is 18.5. The van der Waals surface area contributed by atoms with Crippen LogP contribution in [0.15, 0.2) is 48.5 Å². The Kier molecular flexibility index (Phi) is 8.72. The Hall–Kier alpha value is -2.81. The number of benzene rings is 2. The maximum absolute atomic E-state index is 13.9. The number of hydrogen-bond acceptors (Lipinski definition) is 5. The Morgan fingerprint density at radius 1 is 1.05 bits per heavy atom. The third-order valence-electron chi connectivity index (χ3n) is 8.05. The number of amides is 2. The lowest BCUT2D eigenvalue weighted by Crippen LogP contribution is -2.48. The van der Waals surface area contributed by atoms with E-state index in [0.29, 0.717) is 38.2 Å². The summed E-state index contributed by atoms with van der Waals surface area (Å²) in [5, 5.41) is 3.36. The number of ether oxygens (including phenoxy) is 1. The number of halogens is 1. The fourth-order valence-electron chi connectivity index (χ4n) is 5.89. The van der Waals surface area contributed by atoms with Crippen molar-refractivity contribution in [3.63, 3.8) is 0 Å². The Balaban J connectivity index is 1.41. The van der Waals surface area contributed by atoms with Crippen LogP contribution < -0.4 is 5.32 Å². The number of nitrogens with one attached hydrogen (secondary N) is 1. The van der Waals surface area contributed by atoms with Crippen LogP contribution in [0, 0.1) is 12.7 Å². The van der Waals surface area contributed by atoms with E-state index in [1.54, 1.807) is 4.90 Å². The molecular formula is C30H39FN4O3. The summed E-state index contributed by atoms with van der Waals surface area (Å²) in [6, 6.07) is 13.7. The number of carbonyl (C=O) groups excluding carboxylic acids is 2. The quantitative estimate of drug-likeness (QED) is 0.605. The molecule has 3 saturated heterocycles. The normalized spacial score (nSPS) is 24.1. The lowest BCUT2D eigenvalue weighted by Gasteiger charge is -2.31. The van der Waals surface area contributed by atoms with E-state index in [1.165, 1.54) is 12.1 Å². The largest absolute Gasteiger partial charge is 0.377 e. The van der Waals surface area contributed by atoms with E-state index < -0.39 is 6.04 Å². The van der Waals surface area contributed by atoms with E-state index >= 15 is 0 Å². The van der Waals surface area contributed by atoms with Crippen molar-refractivity contribution < 1.29 is 18.7 Å². The second kappa shape index (κ2) is 12.4. The van der Waals surface area contributed by atoms with Crippen LogP contribution in [-0.2, 0) is 16.1 Å². The van der Waals surface area contributed by atoms with Gasteiger partial charge in [0.1, 0.15) is 11.9 Å². The van der Waals surface area contributed by atoms with E-state index in [9.17, 15) is 14.0 Å². The van der Waals surface area contributed by atoms with Crippen molar-refractivity contribution in [2.45, 2.75) is 57.3 Å². The van der Waals surface area contributed by atoms with Crippen LogP contribution in [0.1, 0.15) is 47.2 Å². The van der Waals surface area contributed by atoms with Crippen LogP contribution in [0.2, 0.25) is 0 Å². The van der Waals surface area contributed by atoms with Gasteiger partial charge in [0, 0.05) is 57.5 Å². The minimum atomic E-state index is -0.507. The predicted octanol–water partition coefficient (Wildman–Crippen LogP) is 3.22. The SMILES string of the molecule is Cc1ccc(C(=O)N2CC(N(Cc3ccc(F)cc3)CC3CCCO3)CC2C(=O)N2CCCNCC2)cc1. The Morgan fingerprint density at radius 3 is 2.58 bits per heavy atom. The van der Waals surface area contributed by atoms with Gasteiger partial charge in [0.25, 0.3) is 5.91 Å². The summed E-state index contributed by atoms with van der Waals surface area (Å²) in [6.45, 7) is 7.61. The van der Waals surface area contributed by atoms with Crippen molar-refractivity contribution >= 4 is 11.8 Å². The molecular weight excluding hydrogens is 483 g/mol. The zero-order valence-electron chi connectivity index (χ0n) is 22.3. The molecule has 2 amide bonds. The molecule has 8 heteroatoms. The highest BCUT2D eigenvalue weighted by Crippen LogP contribution is 2.29. The molecule has 0 spiro atoms. The molecule has 0 bridgehead atoms. The molecule has 3 atom stereocenters. The molecule has 3 unspecified atom stereocenters. The van der Waals surface area contributed by atoms with Crippen molar-refractivity contribution in [1.82, 2.24) is 20.0 Å². The first-order valence-corrected chi connectivity index (χ1v) is 13.9. The fraction of sp³-hybridized carbons (Fsp3) is 0.533. The van der Waals surface area contributed by atoms with Crippen LogP contribution in [0.25, 0.3) is 0 Å². The number of hydrogen-bond donors (Lipinski definition) is 1. The molecule has 3 aliphatic rings. The summed E-state index contributed by atoms with van der Waals surface area (Å²) < 4.78 is 19.6. The van der Waals surface area contributed by atoms with E-state index in [-0.39, 0.29) is 29.8 Å². The molecule has 3 heterocycles. The fourth-order valence-corrected chi connectivity index (χ4v) is 5.89. The van der Waals surface area contributed by atoms with Crippen LogP contribution >= 0.6 is 0 Å². The van der Waals surface area contributed by atoms with Crippen LogP contribution in [0.3, 0.4) is 0 Å². The number of aryl methyl sites for hydroxylation is 1. The molecule has 0 aromatic heterocycles. The van der Waals surface area contributed by atoms with Gasteiger partial charge in [0.2, 0.25) is 5.91 Å². The molecule has 0 radical (unpaired) electrons. The smallest absolute Gasteiger partial charge is 0.254 e. The van der Waals surface area contributed by atoms with Crippen molar-refractivity contribution in [2.75, 3.05) is 45.9 Å². The summed E-state index contributed by atoms with van der Waals surface area (Å²) in [6.07, 6.45) is 3.66. The minimum Gasteiger partial charge on any atom is -0.377 e. The summed E-state index contributed by atoms with van der Waals surface area (Å²) in [5.74, 6) is -0.319. The Morgan fingerprint density at radius 2 is 1.84 bits per heavy atom. The highest BCUT2D eigenvalue weighted by atomic mass is 19.1. The van der Waals surface area contributed by atoms with Crippen LogP contribution in [0.4, 0.5) is 4.39 Å². The molecule has 2 aromatic carbocycles. The third-order valence-corrected chi connectivity index (χ3v) is 8.05. The van der Waals surface area contributed by atoms with Gasteiger partial charge in [0.15, 0.2) is 0 Å². The standard InChI is InChI=1S/C30H39FN4O3/c1-22-5-9-24(10-6-22)29(36)35-20-26(18-28(35)30(37)33-15-3-13-32-14-16-33)34(21-27-4-2-17-38-27)19-23-7-11-25(31)12-8-23/h5-12,26-28,32H,2-4,13-21H2,1H3. The summed E-state index contributed by atoms with van der Waals surface area (Å²) in [4.78, 5) is 33.7. The second-order valence-corrected chi connectivity index (χ2v) is 10.8. The van der Waals surface area contributed by atoms with Crippen molar-refractivity contribution in [3.8, 4) is 0 Å². The van der Waals surface area contributed by atoms with Crippen molar-refractivity contribution in [3.05, 3.63) is 71.0 Å². The highest BCUT2D eigenvalue weighted by molar-refractivity contribution is 5.98. The van der Waals surface area contributed by atoms with E-state index in [1.807, 2.05) is 48.2 Å². The number of carbonyl (C=O) groups is 2. The molecule has 204 valence electrons. The van der Waals surface area contributed by atoms with Gasteiger partial charge in [-0.05, 0) is 69.0 Å². The molecule has 38 heavy (non-hydrogen) atoms. The van der Waals surface area contributed by atoms with E-state index in [2.05, 4.69) is 10.2 Å². The van der Waals surface area contributed by atoms with E-state index in [0.717, 1.165) is 56.6 Å². The Labute approximate surface area is 224 Å². The highest BCUT2D eigenvalue weighted by Gasteiger charge is 2.44. The lowest BCUT2D eigenvalue weighted by molar-refractivity contribution is -0.135. The van der Waals surface area contributed by atoms with E-state index in [4.69, 9.17) is 4.74 Å². The van der Waals surface area contributed by atoms with Gasteiger partial charge in [-0.25, -0.2) is 4.39 Å². The second-order valence-electron chi connectivity index (χ2n) is 10.8. The Bertz CT molecular complexity index is 1080. The zero-order chi connectivity index (χ0) is 26.5. The van der Waals surface area contributed by atoms with Crippen LogP contribution in [-0.4, -0.2) is 90.6 Å². The number of nitrogens with zero attached hydrogens (tertiary/aromatic N) is 3. The van der Waals surface area contributed by atoms with Gasteiger partial charge in [-0.1, -0.05) is 29.8 Å². The molecule has 0 aliphatic carbocycles. The number of likely N-dealkylation sites (tertiary alicyclic amines) is 1. The molecule has 3 aliphatic heterocycles. The van der Waals surface area contributed by atoms with Crippen molar-refractivity contribution in [2.24, 2.45) is 0 Å². The summed E-state index contributed by atoms with van der Waals surface area (Å²) in [7, 11) is 0. The first-order valence-electron chi connectivity index (χ1n) is 13.9. The van der Waals surface area contributed by atoms with Gasteiger partial charge in [-0.2, -0.15) is 0 Å². The monoisotopic (exact) mass is 522 g/mol.